The summed E-state index contributed by atoms with van der Waals surface area (Å²) in [5.41, 5.74) is 1.52. The van der Waals surface area contributed by atoms with Gasteiger partial charge in [0.25, 0.3) is 0 Å². The van der Waals surface area contributed by atoms with Crippen LogP contribution in [0.4, 0.5) is 0 Å². The summed E-state index contributed by atoms with van der Waals surface area (Å²) in [7, 11) is 1.77. The van der Waals surface area contributed by atoms with Crippen molar-refractivity contribution in [3.05, 3.63) is 41.9 Å². The number of aromatic carboxylic acids is 1. The van der Waals surface area contributed by atoms with Gasteiger partial charge in [0.15, 0.2) is 0 Å². The molecule has 0 saturated heterocycles. The monoisotopic (exact) mass is 284 g/mol. The van der Waals surface area contributed by atoms with Gasteiger partial charge in [-0.15, -0.1) is 0 Å². The topological polar surface area (TPSA) is 90.1 Å². The lowest BCUT2D eigenvalue weighted by Crippen LogP contribution is -1.99. The number of aromatic nitrogens is 4. The van der Waals surface area contributed by atoms with Crippen molar-refractivity contribution in [1.29, 1.82) is 0 Å². The van der Waals surface area contributed by atoms with Crippen LogP contribution in [0, 0.1) is 6.92 Å². The van der Waals surface area contributed by atoms with Crippen LogP contribution in [0.2, 0.25) is 0 Å². The standard InChI is InChI=1S/C14H12N4O3/c1-8-5-12(18(2)17-8)21-13-10-4-3-9(14(19)20)6-11(10)15-7-16-13/h3-7H,1-2H3,(H,19,20). The Kier molecular flexibility index (Phi) is 3.02. The third kappa shape index (κ3) is 2.40. The fraction of sp³-hybridized carbons (Fsp3) is 0.143. The second-order valence-electron chi connectivity index (χ2n) is 4.57. The zero-order valence-corrected chi connectivity index (χ0v) is 11.4. The first-order valence-electron chi connectivity index (χ1n) is 6.21. The Labute approximate surface area is 119 Å². The molecule has 2 aromatic heterocycles. The van der Waals surface area contributed by atoms with Crippen molar-refractivity contribution in [2.45, 2.75) is 6.92 Å². The van der Waals surface area contributed by atoms with E-state index in [4.69, 9.17) is 9.84 Å². The molecule has 0 radical (unpaired) electrons. The number of aryl methyl sites for hydroxylation is 2. The molecule has 0 amide bonds. The van der Waals surface area contributed by atoms with E-state index in [-0.39, 0.29) is 5.56 Å². The first-order chi connectivity index (χ1) is 10.0. The van der Waals surface area contributed by atoms with Gasteiger partial charge in [-0.2, -0.15) is 5.10 Å². The van der Waals surface area contributed by atoms with Crippen molar-refractivity contribution in [1.82, 2.24) is 19.7 Å². The molecule has 3 aromatic rings. The van der Waals surface area contributed by atoms with E-state index >= 15 is 0 Å². The van der Waals surface area contributed by atoms with Crippen LogP contribution in [0.1, 0.15) is 16.1 Å². The maximum atomic E-state index is 11.0. The summed E-state index contributed by atoms with van der Waals surface area (Å²) >= 11 is 0. The minimum atomic E-state index is -1.000. The Balaban J connectivity index is 2.07. The molecule has 1 aromatic carbocycles. The normalized spacial score (nSPS) is 10.8. The number of hydrogen-bond acceptors (Lipinski definition) is 5. The fourth-order valence-corrected chi connectivity index (χ4v) is 2.03. The van der Waals surface area contributed by atoms with Gasteiger partial charge in [-0.25, -0.2) is 19.4 Å². The number of nitrogens with zero attached hydrogens (tertiary/aromatic N) is 4. The molecule has 0 fully saturated rings. The molecule has 106 valence electrons. The molecule has 7 nitrogen and oxygen atoms in total. The molecule has 7 heteroatoms. The minimum absolute atomic E-state index is 0.170. The Morgan fingerprint density at radius 3 is 2.76 bits per heavy atom. The molecule has 0 spiro atoms. The highest BCUT2D eigenvalue weighted by Gasteiger charge is 2.11. The van der Waals surface area contributed by atoms with Gasteiger partial charge >= 0.3 is 5.97 Å². The third-order valence-corrected chi connectivity index (χ3v) is 3.01. The van der Waals surface area contributed by atoms with E-state index in [0.717, 1.165) is 5.69 Å². The molecule has 3 rings (SSSR count). The molecule has 0 aliphatic heterocycles. The number of carboxylic acid groups (broad SMARTS) is 1. The van der Waals surface area contributed by atoms with E-state index in [2.05, 4.69) is 15.1 Å². The summed E-state index contributed by atoms with van der Waals surface area (Å²) in [4.78, 5) is 19.2. The van der Waals surface area contributed by atoms with Gasteiger partial charge < -0.3 is 9.84 Å². The number of benzene rings is 1. The molecule has 1 N–H and O–H groups in total. The molecule has 0 atom stereocenters. The number of fused-ring (bicyclic) bond motifs is 1. The molecule has 0 bridgehead atoms. The van der Waals surface area contributed by atoms with Crippen molar-refractivity contribution in [2.24, 2.45) is 7.05 Å². The predicted octanol–water partition coefficient (Wildman–Crippen LogP) is 2.16. The van der Waals surface area contributed by atoms with Crippen LogP contribution < -0.4 is 4.74 Å². The maximum Gasteiger partial charge on any atom is 0.335 e. The quantitative estimate of drug-likeness (QED) is 0.792. The second kappa shape index (κ2) is 4.86. The van der Waals surface area contributed by atoms with E-state index in [0.29, 0.717) is 22.7 Å². The van der Waals surface area contributed by atoms with Crippen molar-refractivity contribution < 1.29 is 14.6 Å². The van der Waals surface area contributed by atoms with Gasteiger partial charge in [-0.3, -0.25) is 0 Å². The zero-order chi connectivity index (χ0) is 15.0. The van der Waals surface area contributed by atoms with Crippen molar-refractivity contribution in [2.75, 3.05) is 0 Å². The molecule has 0 saturated carbocycles. The lowest BCUT2D eigenvalue weighted by atomic mass is 10.1. The number of carbonyl (C=O) groups is 1. The molecule has 0 aliphatic carbocycles. The Morgan fingerprint density at radius 2 is 2.10 bits per heavy atom. The van der Waals surface area contributed by atoms with Gasteiger partial charge in [0.1, 0.15) is 6.33 Å². The van der Waals surface area contributed by atoms with Gasteiger partial charge in [0.05, 0.1) is 22.2 Å². The van der Waals surface area contributed by atoms with Crippen molar-refractivity contribution in [3.63, 3.8) is 0 Å². The van der Waals surface area contributed by atoms with Crippen LogP contribution >= 0.6 is 0 Å². The van der Waals surface area contributed by atoms with Gasteiger partial charge in [-0.05, 0) is 25.1 Å². The molecular formula is C14H12N4O3. The highest BCUT2D eigenvalue weighted by atomic mass is 16.5. The zero-order valence-electron chi connectivity index (χ0n) is 11.4. The lowest BCUT2D eigenvalue weighted by molar-refractivity contribution is 0.0697. The van der Waals surface area contributed by atoms with Crippen LogP contribution in [-0.2, 0) is 7.05 Å². The highest BCUT2D eigenvalue weighted by Crippen LogP contribution is 2.27. The summed E-state index contributed by atoms with van der Waals surface area (Å²) in [6, 6.07) is 6.41. The van der Waals surface area contributed by atoms with Crippen molar-refractivity contribution in [3.8, 4) is 11.8 Å². The third-order valence-electron chi connectivity index (χ3n) is 3.01. The van der Waals surface area contributed by atoms with E-state index < -0.39 is 5.97 Å². The number of hydrogen-bond donors (Lipinski definition) is 1. The molecule has 2 heterocycles. The second-order valence-corrected chi connectivity index (χ2v) is 4.57. The first kappa shape index (κ1) is 13.0. The minimum Gasteiger partial charge on any atom is -0.478 e. The van der Waals surface area contributed by atoms with E-state index in [1.807, 2.05) is 6.92 Å². The fourth-order valence-electron chi connectivity index (χ4n) is 2.03. The van der Waals surface area contributed by atoms with E-state index in [9.17, 15) is 4.79 Å². The largest absolute Gasteiger partial charge is 0.478 e. The van der Waals surface area contributed by atoms with Gasteiger partial charge in [0.2, 0.25) is 11.8 Å². The van der Waals surface area contributed by atoms with Crippen LogP contribution in [0.15, 0.2) is 30.6 Å². The number of carboxylic acids is 1. The SMILES string of the molecule is Cc1cc(Oc2ncnc3cc(C(=O)O)ccc23)n(C)n1. The Bertz CT molecular complexity index is 841. The molecule has 0 aliphatic rings. The number of rotatable bonds is 3. The van der Waals surface area contributed by atoms with Gasteiger partial charge in [-0.1, -0.05) is 0 Å². The summed E-state index contributed by atoms with van der Waals surface area (Å²) < 4.78 is 7.35. The van der Waals surface area contributed by atoms with Crippen molar-refractivity contribution >= 4 is 16.9 Å². The van der Waals surface area contributed by atoms with Crippen LogP contribution in [0.3, 0.4) is 0 Å². The average molecular weight is 284 g/mol. The van der Waals surface area contributed by atoms with E-state index in [1.165, 1.54) is 18.5 Å². The van der Waals surface area contributed by atoms with Crippen LogP contribution in [0.5, 0.6) is 11.8 Å². The highest BCUT2D eigenvalue weighted by molar-refractivity contribution is 5.94. The first-order valence-corrected chi connectivity index (χ1v) is 6.21. The van der Waals surface area contributed by atoms with E-state index in [1.54, 1.807) is 23.9 Å². The molecule has 21 heavy (non-hydrogen) atoms. The Hall–Kier alpha value is -2.96. The maximum absolute atomic E-state index is 11.0. The van der Waals surface area contributed by atoms with Gasteiger partial charge in [0, 0.05) is 13.1 Å². The predicted molar refractivity (Wildman–Crippen MR) is 74.5 cm³/mol. The Morgan fingerprint density at radius 1 is 1.29 bits per heavy atom. The lowest BCUT2D eigenvalue weighted by Gasteiger charge is -2.07. The summed E-state index contributed by atoms with van der Waals surface area (Å²) in [5.74, 6) is -0.0880. The van der Waals surface area contributed by atoms with Crippen LogP contribution in [0.25, 0.3) is 10.9 Å². The summed E-state index contributed by atoms with van der Waals surface area (Å²) in [6.07, 6.45) is 1.34. The average Bonchev–Trinajstić information content (AvgIpc) is 2.76. The number of ether oxygens (including phenoxy) is 1. The summed E-state index contributed by atoms with van der Waals surface area (Å²) in [6.45, 7) is 1.87. The molecular weight excluding hydrogens is 272 g/mol. The molecule has 0 unspecified atom stereocenters. The smallest absolute Gasteiger partial charge is 0.335 e. The van der Waals surface area contributed by atoms with Crippen LogP contribution in [-0.4, -0.2) is 30.8 Å². The summed E-state index contributed by atoms with van der Waals surface area (Å²) in [5, 5.41) is 13.8.